The van der Waals surface area contributed by atoms with Gasteiger partial charge in [-0.15, -0.1) is 0 Å². The van der Waals surface area contributed by atoms with Gasteiger partial charge in [-0.2, -0.15) is 0 Å². The molecule has 0 N–H and O–H groups in total. The number of aliphatic imine (C=N–C) groups is 1. The summed E-state index contributed by atoms with van der Waals surface area (Å²) in [6.45, 7) is 1.64. The Hall–Kier alpha value is -2.49. The second-order valence-corrected chi connectivity index (χ2v) is 8.43. The van der Waals surface area contributed by atoms with E-state index in [0.717, 1.165) is 31.6 Å². The highest BCUT2D eigenvalue weighted by Crippen LogP contribution is 2.42. The van der Waals surface area contributed by atoms with Crippen LogP contribution >= 0.6 is 15.9 Å². The fraction of sp³-hybridized carbons (Fsp3) is 0.300. The monoisotopic (exact) mass is 476 g/mol. The van der Waals surface area contributed by atoms with Gasteiger partial charge in [-0.1, -0.05) is 29.4 Å². The molecule has 0 spiro atoms. The highest BCUT2D eigenvalue weighted by atomic mass is 79.9. The zero-order chi connectivity index (χ0) is 20.8. The zero-order valence-corrected chi connectivity index (χ0v) is 17.9. The second kappa shape index (κ2) is 7.58. The molecule has 1 aromatic carbocycles. The molecular weight excluding hydrogens is 462 g/mol. The van der Waals surface area contributed by atoms with Crippen molar-refractivity contribution >= 4 is 36.7 Å². The number of halogens is 1. The highest BCUT2D eigenvalue weighted by molar-refractivity contribution is 9.10. The summed E-state index contributed by atoms with van der Waals surface area (Å²) >= 11 is 3.38. The van der Waals surface area contributed by atoms with Crippen LogP contribution in [0.2, 0.25) is 0 Å². The summed E-state index contributed by atoms with van der Waals surface area (Å²) in [5.41, 5.74) is 2.97. The van der Waals surface area contributed by atoms with Crippen LogP contribution in [-0.2, 0) is 19.7 Å². The van der Waals surface area contributed by atoms with Gasteiger partial charge < -0.3 is 18.6 Å². The molecule has 0 saturated carbocycles. The third kappa shape index (κ3) is 3.81. The first-order chi connectivity index (χ1) is 15.2. The average Bonchev–Trinajstić information content (AvgIpc) is 3.74. The predicted molar refractivity (Wildman–Crippen MR) is 116 cm³/mol. The van der Waals surface area contributed by atoms with Crippen LogP contribution in [0.5, 0.6) is 0 Å². The number of benzene rings is 1. The maximum atomic E-state index is 5.64. The van der Waals surface area contributed by atoms with E-state index in [0.29, 0.717) is 39.2 Å². The molecule has 152 valence electrons. The smallest absolute Gasteiger partial charge is 0.474 e. The molecule has 2 atom stereocenters. The van der Waals surface area contributed by atoms with Gasteiger partial charge in [0.1, 0.15) is 21.7 Å². The van der Waals surface area contributed by atoms with Gasteiger partial charge in [-0.05, 0) is 34.3 Å². The number of aromatic nitrogens is 3. The molecule has 3 aromatic rings. The van der Waals surface area contributed by atoms with Gasteiger partial charge in [0.25, 0.3) is 0 Å². The Morgan fingerprint density at radius 3 is 2.77 bits per heavy atom. The minimum atomic E-state index is -1.01. The summed E-state index contributed by atoms with van der Waals surface area (Å²) < 4.78 is 22.3. The Balaban J connectivity index is 1.30. The first-order valence-corrected chi connectivity index (χ1v) is 10.8. The Bertz CT molecular complexity index is 1150. The standard InChI is InChI=1S/C20H15B2BrN4O4/c23-16-9-24-18(20(22-31-20)26-19-21-29-19)17(25-16)15-8-14(27-30-15)12-5-3-11(4-6-12)13-2-1-7-28-10-13/h3-6,8-9,13H,1-2,7,10H2/t13-,20?/m0/s1. The molecular formula is C20H15B2BrN4O4. The Kier molecular flexibility index (Phi) is 4.70. The van der Waals surface area contributed by atoms with Gasteiger partial charge in [-0.3, -0.25) is 4.98 Å². The molecule has 2 aromatic heterocycles. The van der Waals surface area contributed by atoms with E-state index in [1.165, 1.54) is 5.56 Å². The zero-order valence-electron chi connectivity index (χ0n) is 16.3. The molecule has 3 saturated heterocycles. The maximum absolute atomic E-state index is 5.64. The Morgan fingerprint density at radius 2 is 2.06 bits per heavy atom. The van der Waals surface area contributed by atoms with Crippen molar-refractivity contribution in [1.82, 2.24) is 15.1 Å². The number of rotatable bonds is 5. The molecule has 11 heteroatoms. The summed E-state index contributed by atoms with van der Waals surface area (Å²) in [6, 6.07) is 10.2. The molecule has 2 radical (unpaired) electrons. The second-order valence-electron chi connectivity index (χ2n) is 7.62. The molecule has 3 aliphatic rings. The lowest BCUT2D eigenvalue weighted by molar-refractivity contribution is 0.0804. The van der Waals surface area contributed by atoms with Gasteiger partial charge in [-0.25, -0.2) is 9.98 Å². The van der Waals surface area contributed by atoms with E-state index < -0.39 is 5.62 Å². The van der Waals surface area contributed by atoms with E-state index in [2.05, 4.69) is 60.3 Å². The third-order valence-electron chi connectivity index (χ3n) is 5.50. The molecule has 0 bridgehead atoms. The van der Waals surface area contributed by atoms with Gasteiger partial charge >= 0.3 is 15.0 Å². The van der Waals surface area contributed by atoms with Crippen LogP contribution in [0.15, 0.2) is 50.6 Å². The predicted octanol–water partition coefficient (Wildman–Crippen LogP) is 3.22. The first-order valence-electron chi connectivity index (χ1n) is 10.0. The average molecular weight is 477 g/mol. The lowest BCUT2D eigenvalue weighted by Crippen LogP contribution is -2.15. The molecule has 0 amide bonds. The number of hydrogen-bond acceptors (Lipinski definition) is 8. The van der Waals surface area contributed by atoms with Crippen molar-refractivity contribution in [2.75, 3.05) is 13.2 Å². The summed E-state index contributed by atoms with van der Waals surface area (Å²) in [4.78, 5) is 13.4. The lowest BCUT2D eigenvalue weighted by Gasteiger charge is -2.22. The van der Waals surface area contributed by atoms with Crippen LogP contribution in [0.1, 0.15) is 30.0 Å². The first kappa shape index (κ1) is 19.2. The van der Waals surface area contributed by atoms with E-state index in [9.17, 15) is 0 Å². The minimum Gasteiger partial charge on any atom is -0.549 e. The lowest BCUT2D eigenvalue weighted by atomic mass is 9.91. The van der Waals surface area contributed by atoms with Crippen molar-refractivity contribution in [2.24, 2.45) is 4.99 Å². The molecule has 5 heterocycles. The van der Waals surface area contributed by atoms with Crippen LogP contribution in [0.3, 0.4) is 0 Å². The third-order valence-corrected chi connectivity index (χ3v) is 5.89. The largest absolute Gasteiger partial charge is 0.549 e. The van der Waals surface area contributed by atoms with Crippen molar-refractivity contribution in [3.05, 3.63) is 52.4 Å². The summed E-state index contributed by atoms with van der Waals surface area (Å²) in [7, 11) is 3.13. The van der Waals surface area contributed by atoms with Crippen LogP contribution in [0.4, 0.5) is 0 Å². The quantitative estimate of drug-likeness (QED) is 0.412. The number of nitrogens with zero attached hydrogens (tertiary/aromatic N) is 4. The van der Waals surface area contributed by atoms with Gasteiger partial charge in [0.2, 0.25) is 0 Å². The van der Waals surface area contributed by atoms with Crippen molar-refractivity contribution < 1.29 is 18.6 Å². The Labute approximate surface area is 188 Å². The van der Waals surface area contributed by atoms with Gasteiger partial charge in [0.15, 0.2) is 17.2 Å². The van der Waals surface area contributed by atoms with Crippen molar-refractivity contribution in [3.63, 3.8) is 0 Å². The SMILES string of the molecule is Brc1cnc(C2(N=C3[B]O3)[B]O2)c(-c2cc(-c3ccc([C@H]4CCCOC4)cc3)no2)n1. The molecule has 8 nitrogen and oxygen atoms in total. The van der Waals surface area contributed by atoms with Crippen LogP contribution in [-0.4, -0.2) is 49.1 Å². The molecule has 3 fully saturated rings. The Morgan fingerprint density at radius 1 is 1.23 bits per heavy atom. The van der Waals surface area contributed by atoms with Crippen molar-refractivity contribution in [3.8, 4) is 22.7 Å². The van der Waals surface area contributed by atoms with E-state index >= 15 is 0 Å². The fourth-order valence-electron chi connectivity index (χ4n) is 3.77. The summed E-state index contributed by atoms with van der Waals surface area (Å²) in [5, 5.41) is 4.25. The molecule has 31 heavy (non-hydrogen) atoms. The van der Waals surface area contributed by atoms with E-state index in [1.54, 1.807) is 21.2 Å². The minimum absolute atomic E-state index is 0.454. The van der Waals surface area contributed by atoms with Gasteiger partial charge in [0, 0.05) is 24.2 Å². The normalized spacial score (nSPS) is 25.5. The number of hydrogen-bond donors (Lipinski definition) is 0. The van der Waals surface area contributed by atoms with E-state index in [4.69, 9.17) is 18.6 Å². The molecule has 6 rings (SSSR count). The summed E-state index contributed by atoms with van der Waals surface area (Å²) in [6.07, 6.45) is 3.86. The highest BCUT2D eigenvalue weighted by Gasteiger charge is 2.54. The van der Waals surface area contributed by atoms with E-state index in [1.807, 2.05) is 6.07 Å². The van der Waals surface area contributed by atoms with E-state index in [-0.39, 0.29) is 0 Å². The topological polar surface area (TPSA) is 98.5 Å². The van der Waals surface area contributed by atoms with Crippen molar-refractivity contribution in [1.29, 1.82) is 0 Å². The van der Waals surface area contributed by atoms with Gasteiger partial charge in [0.05, 0.1) is 12.8 Å². The molecule has 1 unspecified atom stereocenters. The van der Waals surface area contributed by atoms with Crippen LogP contribution in [0, 0.1) is 0 Å². The fourth-order valence-corrected chi connectivity index (χ4v) is 4.05. The van der Waals surface area contributed by atoms with Crippen LogP contribution < -0.4 is 0 Å². The molecule has 3 aliphatic heterocycles. The molecule has 0 aliphatic carbocycles. The summed E-state index contributed by atoms with van der Waals surface area (Å²) in [5.74, 6) is 1.44. The maximum Gasteiger partial charge on any atom is 0.474 e. The number of ether oxygens (including phenoxy) is 1. The van der Waals surface area contributed by atoms with Crippen LogP contribution in [0.25, 0.3) is 22.7 Å². The van der Waals surface area contributed by atoms with Crippen molar-refractivity contribution in [2.45, 2.75) is 24.4 Å².